The van der Waals surface area contributed by atoms with Crippen LogP contribution in [-0.2, 0) is 9.59 Å². The Labute approximate surface area is 79.9 Å². The van der Waals surface area contributed by atoms with Gasteiger partial charge in [0.15, 0.2) is 5.78 Å². The van der Waals surface area contributed by atoms with Crippen molar-refractivity contribution in [3.05, 3.63) is 0 Å². The average molecular weight is 182 g/mol. The number of hydrogen-bond acceptors (Lipinski definition) is 3. The maximum atomic E-state index is 11.1. The predicted octanol–water partition coefficient (Wildman–Crippen LogP) is -0.660. The molecule has 5 heteroatoms. The Balaban J connectivity index is 4.08. The largest absolute Gasteiger partial charge is 0.335 e. The fraction of sp³-hybridized carbons (Fsp3) is 0.750. The lowest BCUT2D eigenvalue weighted by molar-refractivity contribution is -0.133. The fourth-order valence-corrected chi connectivity index (χ4v) is 0.902. The molecule has 2 N–H and O–H groups in total. The number of rotatable bonds is 6. The van der Waals surface area contributed by atoms with Crippen molar-refractivity contribution in [2.75, 3.05) is 19.6 Å². The second-order valence-corrected chi connectivity index (χ2v) is 2.70. The summed E-state index contributed by atoms with van der Waals surface area (Å²) in [6.07, 6.45) is 0.357. The lowest BCUT2D eigenvalue weighted by atomic mass is 10.0. The van der Waals surface area contributed by atoms with Gasteiger partial charge in [0.05, 0.1) is 14.4 Å². The van der Waals surface area contributed by atoms with E-state index in [0.717, 1.165) is 0 Å². The number of hydrogen-bond donors (Lipinski definition) is 1. The summed E-state index contributed by atoms with van der Waals surface area (Å²) in [6, 6.07) is 0. The Morgan fingerprint density at radius 2 is 2.08 bits per heavy atom. The Morgan fingerprint density at radius 1 is 1.46 bits per heavy atom. The van der Waals surface area contributed by atoms with Gasteiger partial charge in [0.1, 0.15) is 0 Å². The first kappa shape index (κ1) is 12.2. The third kappa shape index (κ3) is 4.67. The van der Waals surface area contributed by atoms with E-state index in [1.54, 1.807) is 6.92 Å². The van der Waals surface area contributed by atoms with Crippen molar-refractivity contribution in [1.29, 1.82) is 0 Å². The number of nitrogens with two attached hydrogens (primary N) is 1. The van der Waals surface area contributed by atoms with Crippen molar-refractivity contribution in [1.82, 2.24) is 4.90 Å². The molecular formula is C8H15BN2O2. The van der Waals surface area contributed by atoms with Gasteiger partial charge in [-0.25, -0.2) is 0 Å². The summed E-state index contributed by atoms with van der Waals surface area (Å²) < 4.78 is 0. The van der Waals surface area contributed by atoms with Crippen LogP contribution in [-0.4, -0.2) is 44.1 Å². The zero-order chi connectivity index (χ0) is 10.3. The second kappa shape index (κ2) is 6.66. The highest BCUT2D eigenvalue weighted by Gasteiger charge is 2.12. The topological polar surface area (TPSA) is 63.4 Å². The van der Waals surface area contributed by atoms with Crippen molar-refractivity contribution in [2.45, 2.75) is 19.7 Å². The molecule has 0 aliphatic heterocycles. The molecule has 0 heterocycles. The van der Waals surface area contributed by atoms with Gasteiger partial charge in [0, 0.05) is 19.5 Å². The van der Waals surface area contributed by atoms with Crippen LogP contribution >= 0.6 is 0 Å². The zero-order valence-corrected chi connectivity index (χ0v) is 7.95. The van der Waals surface area contributed by atoms with E-state index in [1.807, 2.05) is 0 Å². The summed E-state index contributed by atoms with van der Waals surface area (Å²) in [4.78, 5) is 23.6. The van der Waals surface area contributed by atoms with Gasteiger partial charge in [-0.1, -0.05) is 6.92 Å². The van der Waals surface area contributed by atoms with E-state index in [0.29, 0.717) is 19.5 Å². The molecule has 0 spiro atoms. The summed E-state index contributed by atoms with van der Waals surface area (Å²) in [5, 5.41) is 0. The van der Waals surface area contributed by atoms with Crippen molar-refractivity contribution in [3.63, 3.8) is 0 Å². The Hall–Kier alpha value is -0.835. The molecule has 0 aromatic heterocycles. The molecule has 0 saturated carbocycles. The first-order valence-electron chi connectivity index (χ1n) is 4.35. The van der Waals surface area contributed by atoms with E-state index in [-0.39, 0.29) is 24.6 Å². The van der Waals surface area contributed by atoms with Crippen LogP contribution in [0.4, 0.5) is 0 Å². The Morgan fingerprint density at radius 3 is 2.46 bits per heavy atom. The van der Waals surface area contributed by atoms with Gasteiger partial charge in [-0.15, -0.1) is 0 Å². The van der Waals surface area contributed by atoms with E-state index < -0.39 is 0 Å². The molecule has 0 bridgehead atoms. The quantitative estimate of drug-likeness (QED) is 0.554. The molecule has 0 atom stereocenters. The Bertz CT molecular complexity index is 185. The van der Waals surface area contributed by atoms with Crippen LogP contribution in [0.15, 0.2) is 0 Å². The molecular weight excluding hydrogens is 167 g/mol. The molecule has 0 rings (SSSR count). The molecule has 0 saturated heterocycles. The van der Waals surface area contributed by atoms with Crippen molar-refractivity contribution in [2.24, 2.45) is 5.73 Å². The first-order chi connectivity index (χ1) is 6.15. The molecule has 4 nitrogen and oxygen atoms in total. The number of nitrogens with zero attached hydrogens (tertiary/aromatic N) is 1. The van der Waals surface area contributed by atoms with Crippen LogP contribution in [0.2, 0.25) is 6.32 Å². The van der Waals surface area contributed by atoms with Gasteiger partial charge in [0.2, 0.25) is 5.91 Å². The number of Topliss-reactive ketones (excluding diaryl/α,β-unsaturated/α-hetero) is 1. The molecule has 0 aliphatic rings. The highest BCUT2D eigenvalue weighted by Crippen LogP contribution is 1.94. The van der Waals surface area contributed by atoms with Crippen molar-refractivity contribution >= 4 is 19.5 Å². The molecule has 0 fully saturated rings. The summed E-state index contributed by atoms with van der Waals surface area (Å²) in [7, 11) is 5.18. The monoisotopic (exact) mass is 182 g/mol. The first-order valence-corrected chi connectivity index (χ1v) is 4.35. The average Bonchev–Trinajstić information content (AvgIpc) is 2.15. The Kier molecular flexibility index (Phi) is 6.23. The lowest BCUT2D eigenvalue weighted by Crippen LogP contribution is -2.38. The standard InChI is InChI=1S/C8H15BN2O2/c1-2-7(12)6-11(4-3-10)8(13)5-9/h2-6,10H2,1H3. The van der Waals surface area contributed by atoms with Crippen LogP contribution in [0.3, 0.4) is 0 Å². The third-order valence-electron chi connectivity index (χ3n) is 1.69. The minimum Gasteiger partial charge on any atom is -0.335 e. The summed E-state index contributed by atoms with van der Waals surface area (Å²) in [5.74, 6) is -0.206. The van der Waals surface area contributed by atoms with E-state index in [2.05, 4.69) is 0 Å². The molecule has 0 aromatic carbocycles. The summed E-state index contributed by atoms with van der Waals surface area (Å²) in [5.41, 5.74) is 5.29. The second-order valence-electron chi connectivity index (χ2n) is 2.70. The van der Waals surface area contributed by atoms with Gasteiger partial charge in [-0.3, -0.25) is 9.59 Å². The van der Waals surface area contributed by atoms with Crippen LogP contribution in [0.5, 0.6) is 0 Å². The van der Waals surface area contributed by atoms with Gasteiger partial charge >= 0.3 is 0 Å². The maximum Gasteiger partial charge on any atom is 0.214 e. The molecule has 0 unspecified atom stereocenters. The van der Waals surface area contributed by atoms with Crippen molar-refractivity contribution in [3.8, 4) is 0 Å². The van der Waals surface area contributed by atoms with Gasteiger partial charge in [0.25, 0.3) is 0 Å². The predicted molar refractivity (Wildman–Crippen MR) is 51.5 cm³/mol. The fourth-order valence-electron chi connectivity index (χ4n) is 0.902. The van der Waals surface area contributed by atoms with Crippen LogP contribution in [0.1, 0.15) is 13.3 Å². The van der Waals surface area contributed by atoms with E-state index in [1.165, 1.54) is 4.90 Å². The third-order valence-corrected chi connectivity index (χ3v) is 1.69. The SMILES string of the molecule is [B]CC(=O)N(CCN)CC(=O)CC. The smallest absolute Gasteiger partial charge is 0.214 e. The minimum absolute atomic E-state index is 0.0234. The van der Waals surface area contributed by atoms with E-state index >= 15 is 0 Å². The van der Waals surface area contributed by atoms with E-state index in [4.69, 9.17) is 13.6 Å². The molecule has 13 heavy (non-hydrogen) atoms. The number of amides is 1. The maximum absolute atomic E-state index is 11.1. The summed E-state index contributed by atoms with van der Waals surface area (Å²) in [6.45, 7) is 2.63. The van der Waals surface area contributed by atoms with Crippen molar-refractivity contribution < 1.29 is 9.59 Å². The normalized spacial score (nSPS) is 9.69. The summed E-state index contributed by atoms with van der Waals surface area (Å²) >= 11 is 0. The molecule has 1 amide bonds. The molecule has 72 valence electrons. The van der Waals surface area contributed by atoms with Crippen LogP contribution in [0.25, 0.3) is 0 Å². The van der Waals surface area contributed by atoms with Crippen LogP contribution < -0.4 is 5.73 Å². The van der Waals surface area contributed by atoms with E-state index in [9.17, 15) is 9.59 Å². The number of carbonyl (C=O) groups excluding carboxylic acids is 2. The number of carbonyl (C=O) groups is 2. The van der Waals surface area contributed by atoms with Gasteiger partial charge in [-0.2, -0.15) is 0 Å². The molecule has 0 aliphatic carbocycles. The van der Waals surface area contributed by atoms with Gasteiger partial charge in [-0.05, 0) is 6.32 Å². The molecule has 2 radical (unpaired) electrons. The molecule has 0 aromatic rings. The van der Waals surface area contributed by atoms with Crippen LogP contribution in [0, 0.1) is 0 Å². The minimum atomic E-state index is -0.229. The zero-order valence-electron chi connectivity index (χ0n) is 7.95. The lowest BCUT2D eigenvalue weighted by Gasteiger charge is -2.20. The van der Waals surface area contributed by atoms with Gasteiger partial charge < -0.3 is 10.6 Å². The number of ketones is 1. The highest BCUT2D eigenvalue weighted by molar-refractivity contribution is 6.19. The highest BCUT2D eigenvalue weighted by atomic mass is 16.2.